The van der Waals surface area contributed by atoms with Crippen molar-refractivity contribution in [3.8, 4) is 5.88 Å². The molecule has 142 valence electrons. The van der Waals surface area contributed by atoms with Crippen LogP contribution >= 0.6 is 0 Å². The summed E-state index contributed by atoms with van der Waals surface area (Å²) in [6, 6.07) is 1.80. The van der Waals surface area contributed by atoms with Gasteiger partial charge in [-0.1, -0.05) is 0 Å². The van der Waals surface area contributed by atoms with Crippen LogP contribution in [0.5, 0.6) is 5.88 Å². The number of ether oxygens (including phenoxy) is 1. The quantitative estimate of drug-likeness (QED) is 0.784. The van der Waals surface area contributed by atoms with E-state index in [-0.39, 0.29) is 0 Å². The van der Waals surface area contributed by atoms with Gasteiger partial charge in [0.25, 0.3) is 0 Å². The van der Waals surface area contributed by atoms with Crippen LogP contribution in [0.2, 0.25) is 0 Å². The van der Waals surface area contributed by atoms with E-state index >= 15 is 0 Å². The summed E-state index contributed by atoms with van der Waals surface area (Å²) in [6.45, 7) is 6.94. The Morgan fingerprint density at radius 3 is 2.46 bits per heavy atom. The van der Waals surface area contributed by atoms with E-state index in [1.54, 1.807) is 35.9 Å². The maximum atomic E-state index is 13.0. The molecule has 0 spiro atoms. The Hall–Kier alpha value is -2.00. The van der Waals surface area contributed by atoms with Crippen LogP contribution < -0.4 is 4.74 Å². The Bertz CT molecular complexity index is 886. The lowest BCUT2D eigenvalue weighted by atomic mass is 9.99. The molecule has 2 aromatic rings. The zero-order valence-corrected chi connectivity index (χ0v) is 16.5. The summed E-state index contributed by atoms with van der Waals surface area (Å²) < 4.78 is 34.9. The molecule has 1 saturated heterocycles. The second kappa shape index (κ2) is 7.32. The van der Waals surface area contributed by atoms with Gasteiger partial charge in [0.1, 0.15) is 11.2 Å². The summed E-state index contributed by atoms with van der Waals surface area (Å²) in [7, 11) is -1.75. The van der Waals surface area contributed by atoms with Gasteiger partial charge in [-0.2, -0.15) is 9.40 Å². The van der Waals surface area contributed by atoms with Crippen molar-refractivity contribution in [2.75, 3.05) is 19.7 Å². The first-order chi connectivity index (χ1) is 12.3. The number of nitrogens with zero attached hydrogens (tertiary/aromatic N) is 5. The van der Waals surface area contributed by atoms with Crippen LogP contribution in [0.3, 0.4) is 0 Å². The number of hydrogen-bond donors (Lipinski definition) is 0. The zero-order valence-electron chi connectivity index (χ0n) is 15.6. The summed E-state index contributed by atoms with van der Waals surface area (Å²) in [6.07, 6.45) is 3.02. The molecule has 26 heavy (non-hydrogen) atoms. The van der Waals surface area contributed by atoms with Gasteiger partial charge in [0.2, 0.25) is 15.9 Å². The summed E-state index contributed by atoms with van der Waals surface area (Å²) in [5.41, 5.74) is 2.08. The fourth-order valence-electron chi connectivity index (χ4n) is 3.29. The molecule has 0 amide bonds. The number of piperidine rings is 1. The van der Waals surface area contributed by atoms with Crippen LogP contribution in [0, 0.1) is 26.7 Å². The number of aryl methyl sites for hydroxylation is 3. The zero-order chi connectivity index (χ0) is 18.9. The monoisotopic (exact) mass is 379 g/mol. The predicted octanol–water partition coefficient (Wildman–Crippen LogP) is 1.62. The van der Waals surface area contributed by atoms with E-state index in [0.29, 0.717) is 47.8 Å². The first-order valence-corrected chi connectivity index (χ1v) is 10.1. The van der Waals surface area contributed by atoms with Crippen LogP contribution in [0.1, 0.15) is 29.9 Å². The summed E-state index contributed by atoms with van der Waals surface area (Å²) in [4.78, 5) is 8.47. The molecule has 1 aliphatic heterocycles. The molecule has 0 bridgehead atoms. The highest BCUT2D eigenvalue weighted by atomic mass is 32.2. The molecule has 2 aromatic heterocycles. The van der Waals surface area contributed by atoms with Gasteiger partial charge in [-0.15, -0.1) is 0 Å². The lowest BCUT2D eigenvalue weighted by Crippen LogP contribution is -2.40. The molecule has 3 heterocycles. The molecule has 1 fully saturated rings. The Balaban J connectivity index is 1.61. The highest BCUT2D eigenvalue weighted by molar-refractivity contribution is 7.89. The standard InChI is InChI=1S/C17H25N5O3S/c1-12-9-16(19-11-18-12)25-10-15-5-7-22(8-6-15)26(23,24)17-13(2)20-21(4)14(17)3/h9,11,15H,5-8,10H2,1-4H3. The summed E-state index contributed by atoms with van der Waals surface area (Å²) in [5, 5.41) is 4.24. The van der Waals surface area contributed by atoms with Crippen LogP contribution in [-0.2, 0) is 17.1 Å². The molecule has 9 heteroatoms. The molecule has 0 radical (unpaired) electrons. The summed E-state index contributed by atoms with van der Waals surface area (Å²) >= 11 is 0. The van der Waals surface area contributed by atoms with Gasteiger partial charge >= 0.3 is 0 Å². The van der Waals surface area contributed by atoms with Crippen molar-refractivity contribution in [1.82, 2.24) is 24.1 Å². The lowest BCUT2D eigenvalue weighted by molar-refractivity contribution is 0.180. The molecular formula is C17H25N5O3S. The van der Waals surface area contributed by atoms with Crippen molar-refractivity contribution in [3.05, 3.63) is 29.5 Å². The second-order valence-electron chi connectivity index (χ2n) is 6.78. The first kappa shape index (κ1) is 18.8. The van der Waals surface area contributed by atoms with Gasteiger partial charge in [0.05, 0.1) is 18.0 Å². The third kappa shape index (κ3) is 3.73. The highest BCUT2D eigenvalue weighted by Crippen LogP contribution is 2.27. The van der Waals surface area contributed by atoms with Gasteiger partial charge in [-0.25, -0.2) is 18.4 Å². The van der Waals surface area contributed by atoms with E-state index < -0.39 is 10.0 Å². The van der Waals surface area contributed by atoms with Crippen molar-refractivity contribution >= 4 is 10.0 Å². The van der Waals surface area contributed by atoms with Gasteiger partial charge in [0.15, 0.2) is 0 Å². The van der Waals surface area contributed by atoms with E-state index in [4.69, 9.17) is 4.74 Å². The third-order valence-electron chi connectivity index (χ3n) is 4.86. The second-order valence-corrected chi connectivity index (χ2v) is 8.65. The van der Waals surface area contributed by atoms with Crippen LogP contribution in [-0.4, -0.2) is 52.2 Å². The Morgan fingerprint density at radius 2 is 1.88 bits per heavy atom. The Labute approximate surface area is 154 Å². The number of aromatic nitrogens is 4. The van der Waals surface area contributed by atoms with Crippen molar-refractivity contribution in [3.63, 3.8) is 0 Å². The van der Waals surface area contributed by atoms with Crippen LogP contribution in [0.4, 0.5) is 0 Å². The van der Waals surface area contributed by atoms with E-state index in [9.17, 15) is 8.42 Å². The fourth-order valence-corrected chi connectivity index (χ4v) is 5.15. The number of rotatable bonds is 5. The lowest BCUT2D eigenvalue weighted by Gasteiger charge is -2.31. The van der Waals surface area contributed by atoms with E-state index in [2.05, 4.69) is 15.1 Å². The largest absolute Gasteiger partial charge is 0.477 e. The van der Waals surface area contributed by atoms with Crippen molar-refractivity contribution in [1.29, 1.82) is 0 Å². The maximum absolute atomic E-state index is 13.0. The number of sulfonamides is 1. The minimum Gasteiger partial charge on any atom is -0.477 e. The minimum atomic E-state index is -3.51. The molecule has 0 atom stereocenters. The summed E-state index contributed by atoms with van der Waals surface area (Å²) in [5.74, 6) is 0.877. The highest BCUT2D eigenvalue weighted by Gasteiger charge is 2.33. The Morgan fingerprint density at radius 1 is 1.19 bits per heavy atom. The average molecular weight is 379 g/mol. The average Bonchev–Trinajstić information content (AvgIpc) is 2.86. The molecule has 0 aromatic carbocycles. The van der Waals surface area contributed by atoms with Crippen molar-refractivity contribution in [2.45, 2.75) is 38.5 Å². The van der Waals surface area contributed by atoms with E-state index in [1.807, 2.05) is 6.92 Å². The smallest absolute Gasteiger partial charge is 0.246 e. The maximum Gasteiger partial charge on any atom is 0.246 e. The molecule has 0 aliphatic carbocycles. The minimum absolute atomic E-state index is 0.313. The molecule has 0 saturated carbocycles. The van der Waals surface area contributed by atoms with E-state index in [1.165, 1.54) is 6.33 Å². The van der Waals surface area contributed by atoms with Crippen LogP contribution in [0.25, 0.3) is 0 Å². The van der Waals surface area contributed by atoms with Gasteiger partial charge < -0.3 is 4.74 Å². The molecule has 8 nitrogen and oxygen atoms in total. The fraction of sp³-hybridized carbons (Fsp3) is 0.588. The van der Waals surface area contributed by atoms with Crippen LogP contribution in [0.15, 0.2) is 17.3 Å². The third-order valence-corrected chi connectivity index (χ3v) is 7.01. The number of hydrogen-bond acceptors (Lipinski definition) is 6. The van der Waals surface area contributed by atoms with E-state index in [0.717, 1.165) is 18.5 Å². The van der Waals surface area contributed by atoms with Crippen molar-refractivity contribution in [2.24, 2.45) is 13.0 Å². The molecule has 0 unspecified atom stereocenters. The van der Waals surface area contributed by atoms with Crippen molar-refractivity contribution < 1.29 is 13.2 Å². The Kier molecular flexibility index (Phi) is 5.29. The molecule has 1 aliphatic rings. The molecule has 0 N–H and O–H groups in total. The topological polar surface area (TPSA) is 90.2 Å². The van der Waals surface area contributed by atoms with Gasteiger partial charge in [-0.3, -0.25) is 4.68 Å². The SMILES string of the molecule is Cc1cc(OCC2CCN(S(=O)(=O)c3c(C)nn(C)c3C)CC2)ncn1. The normalized spacial score (nSPS) is 16.8. The molecule has 3 rings (SSSR count). The first-order valence-electron chi connectivity index (χ1n) is 8.71. The van der Waals surface area contributed by atoms with Gasteiger partial charge in [0, 0.05) is 31.9 Å². The van der Waals surface area contributed by atoms with Gasteiger partial charge in [-0.05, 0) is 39.5 Å². The predicted molar refractivity (Wildman–Crippen MR) is 96.4 cm³/mol. The molecular weight excluding hydrogens is 354 g/mol.